The van der Waals surface area contributed by atoms with Gasteiger partial charge in [-0.15, -0.1) is 0 Å². The molecule has 3 fully saturated rings. The summed E-state index contributed by atoms with van der Waals surface area (Å²) in [5, 5.41) is 0. The molecule has 7 heteroatoms. The molecule has 0 saturated carbocycles. The number of piperidine rings is 1. The van der Waals surface area contributed by atoms with Crippen molar-refractivity contribution in [1.29, 1.82) is 0 Å². The van der Waals surface area contributed by atoms with Crippen molar-refractivity contribution in [1.82, 2.24) is 19.4 Å². The van der Waals surface area contributed by atoms with Gasteiger partial charge < -0.3 is 9.47 Å². The second kappa shape index (κ2) is 6.99. The summed E-state index contributed by atoms with van der Waals surface area (Å²) in [6, 6.07) is 9.28. The molecule has 0 radical (unpaired) electrons. The van der Waals surface area contributed by atoms with E-state index >= 15 is 0 Å². The first-order chi connectivity index (χ1) is 14.0. The second-order valence-corrected chi connectivity index (χ2v) is 8.75. The summed E-state index contributed by atoms with van der Waals surface area (Å²) in [5.74, 6) is 0.168. The Bertz CT molecular complexity index is 1050. The van der Waals surface area contributed by atoms with Crippen molar-refractivity contribution >= 4 is 5.91 Å². The summed E-state index contributed by atoms with van der Waals surface area (Å²) in [6.07, 6.45) is 5.60. The van der Waals surface area contributed by atoms with Crippen molar-refractivity contribution in [2.45, 2.75) is 37.8 Å². The van der Waals surface area contributed by atoms with Gasteiger partial charge in [0.2, 0.25) is 0 Å². The number of rotatable bonds is 2. The van der Waals surface area contributed by atoms with Crippen LogP contribution in [-0.2, 0) is 19.9 Å². The lowest BCUT2D eigenvalue weighted by atomic mass is 9.94. The van der Waals surface area contributed by atoms with E-state index in [1.165, 1.54) is 21.9 Å². The van der Waals surface area contributed by atoms with E-state index in [1.807, 2.05) is 4.90 Å². The quantitative estimate of drug-likeness (QED) is 0.817. The second-order valence-electron chi connectivity index (χ2n) is 8.75. The lowest BCUT2D eigenvalue weighted by Crippen LogP contribution is -2.49. The van der Waals surface area contributed by atoms with E-state index in [1.54, 1.807) is 7.05 Å². The molecule has 29 heavy (non-hydrogen) atoms. The standard InChI is InChI=1S/C22H26N4O3/c1-24-13-19(20(27)23-22(24)29)21(28)26-11-14-6-7-17(26)12-25(10-14)18-8-15-4-2-3-5-16(15)9-18/h2-5,13-14,17-18H,6-12H2,1H3,(H,23,27,29)/t14-,17+/m0/s1. The summed E-state index contributed by atoms with van der Waals surface area (Å²) < 4.78 is 1.26. The lowest BCUT2D eigenvalue weighted by molar-refractivity contribution is 0.0578. The fourth-order valence-electron chi connectivity index (χ4n) is 5.33. The topological polar surface area (TPSA) is 78.4 Å². The van der Waals surface area contributed by atoms with Crippen LogP contribution in [0.15, 0.2) is 40.1 Å². The Morgan fingerprint density at radius 1 is 1.00 bits per heavy atom. The van der Waals surface area contributed by atoms with Crippen molar-refractivity contribution in [3.8, 4) is 0 Å². The zero-order valence-corrected chi connectivity index (χ0v) is 16.6. The Morgan fingerprint density at radius 3 is 2.45 bits per heavy atom. The average molecular weight is 394 g/mol. The van der Waals surface area contributed by atoms with Crippen molar-refractivity contribution in [2.24, 2.45) is 13.0 Å². The zero-order valence-electron chi connectivity index (χ0n) is 16.6. The molecular weight excluding hydrogens is 368 g/mol. The van der Waals surface area contributed by atoms with Crippen molar-refractivity contribution in [3.63, 3.8) is 0 Å². The Hall–Kier alpha value is -2.67. The van der Waals surface area contributed by atoms with Gasteiger partial charge in [-0.2, -0.15) is 0 Å². The molecule has 3 saturated heterocycles. The number of H-pyrrole nitrogens is 1. The number of amides is 1. The maximum absolute atomic E-state index is 13.2. The molecule has 0 spiro atoms. The maximum Gasteiger partial charge on any atom is 0.328 e. The van der Waals surface area contributed by atoms with Crippen LogP contribution in [0.25, 0.3) is 0 Å². The predicted molar refractivity (Wildman–Crippen MR) is 109 cm³/mol. The smallest absolute Gasteiger partial charge is 0.328 e. The van der Waals surface area contributed by atoms with Crippen LogP contribution in [0.1, 0.15) is 34.3 Å². The number of aryl methyl sites for hydroxylation is 1. The fraction of sp³-hybridized carbons (Fsp3) is 0.500. The van der Waals surface area contributed by atoms with Gasteiger partial charge >= 0.3 is 5.69 Å². The summed E-state index contributed by atoms with van der Waals surface area (Å²) in [5.41, 5.74) is 1.84. The highest BCUT2D eigenvalue weighted by molar-refractivity contribution is 5.93. The third kappa shape index (κ3) is 3.23. The van der Waals surface area contributed by atoms with Gasteiger partial charge in [-0.25, -0.2) is 4.79 Å². The summed E-state index contributed by atoms with van der Waals surface area (Å²) in [6.45, 7) is 2.54. The SMILES string of the molecule is Cn1cc(C(=O)N2C[C@H]3CC[C@@H]2CN(C2Cc4ccccc4C2)C3)c(=O)[nH]c1=O. The van der Waals surface area contributed by atoms with E-state index in [-0.39, 0.29) is 17.5 Å². The van der Waals surface area contributed by atoms with Crippen LogP contribution in [0, 0.1) is 5.92 Å². The Kier molecular flexibility index (Phi) is 4.42. The Labute approximate surface area is 169 Å². The molecule has 4 aliphatic rings. The van der Waals surface area contributed by atoms with Gasteiger partial charge in [0.1, 0.15) is 5.56 Å². The molecule has 152 valence electrons. The molecule has 6 rings (SSSR count). The largest absolute Gasteiger partial charge is 0.334 e. The van der Waals surface area contributed by atoms with Gasteiger partial charge in [-0.05, 0) is 42.7 Å². The molecule has 0 unspecified atom stereocenters. The number of hydrogen-bond donors (Lipinski definition) is 1. The van der Waals surface area contributed by atoms with Crippen LogP contribution in [0.3, 0.4) is 0 Å². The number of hydrogen-bond acceptors (Lipinski definition) is 4. The molecule has 2 bridgehead atoms. The Morgan fingerprint density at radius 2 is 1.72 bits per heavy atom. The predicted octanol–water partition coefficient (Wildman–Crippen LogP) is 0.777. The molecule has 1 amide bonds. The van der Waals surface area contributed by atoms with Crippen molar-refractivity contribution in [2.75, 3.05) is 19.6 Å². The first-order valence-electron chi connectivity index (χ1n) is 10.4. The van der Waals surface area contributed by atoms with Crippen molar-refractivity contribution in [3.05, 3.63) is 68.0 Å². The van der Waals surface area contributed by atoms with E-state index in [9.17, 15) is 14.4 Å². The van der Waals surface area contributed by atoms with E-state index in [0.717, 1.165) is 38.8 Å². The minimum atomic E-state index is -0.596. The highest BCUT2D eigenvalue weighted by atomic mass is 16.2. The highest BCUT2D eigenvalue weighted by Crippen LogP contribution is 2.33. The summed E-state index contributed by atoms with van der Waals surface area (Å²) >= 11 is 0. The minimum Gasteiger partial charge on any atom is -0.334 e. The van der Waals surface area contributed by atoms with Gasteiger partial charge in [0.05, 0.1) is 0 Å². The van der Waals surface area contributed by atoms with Crippen LogP contribution in [0.4, 0.5) is 0 Å². The van der Waals surface area contributed by atoms with E-state index in [2.05, 4.69) is 34.1 Å². The van der Waals surface area contributed by atoms with Crippen LogP contribution < -0.4 is 11.2 Å². The summed E-state index contributed by atoms with van der Waals surface area (Å²) in [7, 11) is 1.54. The van der Waals surface area contributed by atoms with E-state index < -0.39 is 11.2 Å². The molecule has 1 aromatic heterocycles. The number of carbonyl (C=O) groups is 1. The number of nitrogens with one attached hydrogen (secondary N) is 1. The molecule has 2 atom stereocenters. The lowest BCUT2D eigenvalue weighted by Gasteiger charge is -2.36. The zero-order chi connectivity index (χ0) is 20.1. The van der Waals surface area contributed by atoms with E-state index in [4.69, 9.17) is 0 Å². The number of carbonyl (C=O) groups excluding carboxylic acids is 1. The molecule has 1 aromatic carbocycles. The van der Waals surface area contributed by atoms with Crippen LogP contribution in [0.2, 0.25) is 0 Å². The number of fused-ring (bicyclic) bond motifs is 5. The number of aromatic amines is 1. The van der Waals surface area contributed by atoms with E-state index in [0.29, 0.717) is 18.5 Å². The Balaban J connectivity index is 1.38. The number of aromatic nitrogens is 2. The van der Waals surface area contributed by atoms with Gasteiger partial charge in [0, 0.05) is 45.0 Å². The molecule has 7 nitrogen and oxygen atoms in total. The van der Waals surface area contributed by atoms with Gasteiger partial charge in [0.15, 0.2) is 0 Å². The monoisotopic (exact) mass is 394 g/mol. The molecule has 1 aliphatic carbocycles. The minimum absolute atomic E-state index is 0.0551. The third-order valence-corrected chi connectivity index (χ3v) is 6.89. The first-order valence-corrected chi connectivity index (χ1v) is 10.4. The third-order valence-electron chi connectivity index (χ3n) is 6.89. The van der Waals surface area contributed by atoms with Gasteiger partial charge in [-0.1, -0.05) is 24.3 Å². The number of nitrogens with zero attached hydrogens (tertiary/aromatic N) is 3. The van der Waals surface area contributed by atoms with Crippen molar-refractivity contribution < 1.29 is 4.79 Å². The highest BCUT2D eigenvalue weighted by Gasteiger charge is 2.40. The maximum atomic E-state index is 13.2. The molecule has 3 aliphatic heterocycles. The molecule has 1 N–H and O–H groups in total. The number of benzene rings is 1. The van der Waals surface area contributed by atoms with Crippen LogP contribution >= 0.6 is 0 Å². The molecule has 2 aromatic rings. The van der Waals surface area contributed by atoms with Gasteiger partial charge in [0.25, 0.3) is 11.5 Å². The fourth-order valence-corrected chi connectivity index (χ4v) is 5.33. The van der Waals surface area contributed by atoms with Crippen LogP contribution in [0.5, 0.6) is 0 Å². The van der Waals surface area contributed by atoms with Crippen LogP contribution in [-0.4, -0.2) is 57.0 Å². The van der Waals surface area contributed by atoms with Gasteiger partial charge in [-0.3, -0.25) is 19.5 Å². The molecule has 4 heterocycles. The molecular formula is C22H26N4O3. The normalized spacial score (nSPS) is 24.5. The first kappa shape index (κ1) is 18.4. The summed E-state index contributed by atoms with van der Waals surface area (Å²) in [4.78, 5) is 43.8. The average Bonchev–Trinajstić information content (AvgIpc) is 2.93.